The zero-order valence-electron chi connectivity index (χ0n) is 16.0. The van der Waals surface area contributed by atoms with E-state index in [9.17, 15) is 4.79 Å². The van der Waals surface area contributed by atoms with E-state index in [1.165, 1.54) is 18.8 Å². The number of fused-ring (bicyclic) bond motifs is 1. The van der Waals surface area contributed by atoms with Gasteiger partial charge in [-0.3, -0.25) is 4.79 Å². The van der Waals surface area contributed by atoms with E-state index in [1.807, 2.05) is 6.07 Å². The Hall–Kier alpha value is -3.22. The van der Waals surface area contributed by atoms with Gasteiger partial charge in [-0.25, -0.2) is 15.0 Å². The van der Waals surface area contributed by atoms with Crippen LogP contribution in [0.3, 0.4) is 0 Å². The fraction of sp³-hybridized carbons (Fsp3) is 0.333. The number of pyridine rings is 1. The molecule has 0 atom stereocenters. The minimum absolute atomic E-state index is 0.128. The Labute approximate surface area is 164 Å². The molecule has 1 aromatic carbocycles. The molecule has 3 aromatic rings. The van der Waals surface area contributed by atoms with Crippen molar-refractivity contribution in [2.45, 2.75) is 32.7 Å². The highest BCUT2D eigenvalue weighted by molar-refractivity contribution is 5.96. The second-order valence-electron chi connectivity index (χ2n) is 7.14. The zero-order valence-corrected chi connectivity index (χ0v) is 16.0. The Morgan fingerprint density at radius 3 is 2.75 bits per heavy atom. The number of para-hydroxylation sites is 1. The third-order valence-electron chi connectivity index (χ3n) is 5.14. The van der Waals surface area contributed by atoms with Gasteiger partial charge in [0.2, 0.25) is 0 Å². The van der Waals surface area contributed by atoms with E-state index >= 15 is 0 Å². The summed E-state index contributed by atoms with van der Waals surface area (Å²) >= 11 is 0. The molecule has 3 heterocycles. The number of amides is 1. The highest BCUT2D eigenvalue weighted by Gasteiger charge is 2.19. The van der Waals surface area contributed by atoms with Gasteiger partial charge in [-0.05, 0) is 37.8 Å². The maximum atomic E-state index is 12.5. The van der Waals surface area contributed by atoms with Crippen LogP contribution in [0.2, 0.25) is 0 Å². The fourth-order valence-electron chi connectivity index (χ4n) is 3.67. The molecule has 0 saturated carbocycles. The molecule has 1 amide bonds. The molecule has 1 fully saturated rings. The molecule has 0 unspecified atom stereocenters. The molecule has 28 heavy (non-hydrogen) atoms. The molecular weight excluding hydrogens is 352 g/mol. The number of rotatable bonds is 4. The maximum Gasteiger partial charge on any atom is 0.273 e. The first kappa shape index (κ1) is 18.2. The summed E-state index contributed by atoms with van der Waals surface area (Å²) in [6.07, 6.45) is 6.51. The van der Waals surface area contributed by atoms with E-state index in [2.05, 4.69) is 45.3 Å². The van der Waals surface area contributed by atoms with E-state index in [4.69, 9.17) is 10.7 Å². The average molecular weight is 376 g/mol. The van der Waals surface area contributed by atoms with E-state index in [-0.39, 0.29) is 17.4 Å². The molecule has 1 aliphatic heterocycles. The lowest BCUT2D eigenvalue weighted by Gasteiger charge is -2.30. The minimum atomic E-state index is -0.334. The molecule has 2 aromatic heterocycles. The number of nitrogens with zero attached hydrogens (tertiary/aromatic N) is 4. The molecule has 4 rings (SSSR count). The number of piperidine rings is 1. The summed E-state index contributed by atoms with van der Waals surface area (Å²) in [7, 11) is 0. The lowest BCUT2D eigenvalue weighted by molar-refractivity contribution is 0.0946. The lowest BCUT2D eigenvalue weighted by Crippen LogP contribution is -2.32. The number of aryl methyl sites for hydroxylation is 1. The molecule has 0 radical (unpaired) electrons. The van der Waals surface area contributed by atoms with Gasteiger partial charge in [0.15, 0.2) is 11.5 Å². The Balaban J connectivity index is 1.66. The summed E-state index contributed by atoms with van der Waals surface area (Å²) in [5.41, 5.74) is 9.08. The summed E-state index contributed by atoms with van der Waals surface area (Å²) in [4.78, 5) is 27.8. The van der Waals surface area contributed by atoms with Gasteiger partial charge >= 0.3 is 0 Å². The first-order valence-corrected chi connectivity index (χ1v) is 9.62. The van der Waals surface area contributed by atoms with Gasteiger partial charge in [-0.2, -0.15) is 0 Å². The van der Waals surface area contributed by atoms with E-state index in [1.54, 1.807) is 0 Å². The Morgan fingerprint density at radius 2 is 1.96 bits per heavy atom. The van der Waals surface area contributed by atoms with Crippen LogP contribution in [0.15, 0.2) is 36.7 Å². The van der Waals surface area contributed by atoms with Crippen LogP contribution >= 0.6 is 0 Å². The molecule has 0 bridgehead atoms. The van der Waals surface area contributed by atoms with Crippen molar-refractivity contribution in [3.8, 4) is 0 Å². The maximum absolute atomic E-state index is 12.5. The minimum Gasteiger partial charge on any atom is -0.382 e. The van der Waals surface area contributed by atoms with Crippen molar-refractivity contribution in [1.29, 1.82) is 0 Å². The summed E-state index contributed by atoms with van der Waals surface area (Å²) in [6.45, 7) is 4.41. The number of nitrogens with two attached hydrogens (primary N) is 1. The molecule has 144 valence electrons. The predicted molar refractivity (Wildman–Crippen MR) is 110 cm³/mol. The van der Waals surface area contributed by atoms with Crippen molar-refractivity contribution in [3.63, 3.8) is 0 Å². The number of nitrogens with one attached hydrogen (secondary N) is 1. The molecule has 1 saturated heterocycles. The highest BCUT2D eigenvalue weighted by Crippen LogP contribution is 2.27. The van der Waals surface area contributed by atoms with E-state index < -0.39 is 0 Å². The van der Waals surface area contributed by atoms with Crippen LogP contribution in [0.5, 0.6) is 0 Å². The van der Waals surface area contributed by atoms with Crippen LogP contribution in [0.1, 0.15) is 40.9 Å². The predicted octanol–water partition coefficient (Wildman–Crippen LogP) is 2.84. The first-order valence-electron chi connectivity index (χ1n) is 9.62. The largest absolute Gasteiger partial charge is 0.382 e. The molecule has 0 aliphatic carbocycles. The quantitative estimate of drug-likeness (QED) is 0.727. The van der Waals surface area contributed by atoms with Crippen molar-refractivity contribution in [3.05, 3.63) is 53.5 Å². The molecule has 7 heteroatoms. The lowest BCUT2D eigenvalue weighted by atomic mass is 10.1. The van der Waals surface area contributed by atoms with Crippen molar-refractivity contribution in [2.24, 2.45) is 0 Å². The summed E-state index contributed by atoms with van der Waals surface area (Å²) < 4.78 is 0. The average Bonchev–Trinajstić information content (AvgIpc) is 2.73. The monoisotopic (exact) mass is 376 g/mol. The molecule has 0 spiro atoms. The standard InChI is InChI=1S/C21H24N6O/c1-14-6-5-7-15-12-16(13-25-21(28)18-19(22)24-9-8-23-18)20(26-17(14)15)27-10-3-2-4-11-27/h5-9,12H,2-4,10-11,13H2,1H3,(H2,22,24)(H,25,28). The van der Waals surface area contributed by atoms with Crippen molar-refractivity contribution in [2.75, 3.05) is 23.7 Å². The summed E-state index contributed by atoms with van der Waals surface area (Å²) in [5.74, 6) is 0.747. The Bertz CT molecular complexity index is 1010. The third kappa shape index (κ3) is 3.60. The zero-order chi connectivity index (χ0) is 19.5. The number of aromatic nitrogens is 3. The van der Waals surface area contributed by atoms with Crippen LogP contribution in [-0.2, 0) is 6.54 Å². The van der Waals surface area contributed by atoms with Crippen LogP contribution in [0, 0.1) is 6.92 Å². The number of nitrogen functional groups attached to an aromatic ring is 1. The number of anilines is 2. The van der Waals surface area contributed by atoms with Gasteiger partial charge in [0.05, 0.1) is 5.52 Å². The van der Waals surface area contributed by atoms with Gasteiger partial charge in [-0.15, -0.1) is 0 Å². The number of carbonyl (C=O) groups is 1. The molecule has 7 nitrogen and oxygen atoms in total. The Kier molecular flexibility index (Phi) is 5.06. The topological polar surface area (TPSA) is 97.0 Å². The van der Waals surface area contributed by atoms with Gasteiger partial charge in [0.1, 0.15) is 5.82 Å². The van der Waals surface area contributed by atoms with Crippen molar-refractivity contribution >= 4 is 28.4 Å². The Morgan fingerprint density at radius 1 is 1.18 bits per heavy atom. The SMILES string of the molecule is Cc1cccc2cc(CNC(=O)c3nccnc3N)c(N3CCCCC3)nc12. The van der Waals surface area contributed by atoms with Crippen molar-refractivity contribution in [1.82, 2.24) is 20.3 Å². The third-order valence-corrected chi connectivity index (χ3v) is 5.14. The van der Waals surface area contributed by atoms with E-state index in [0.717, 1.165) is 53.8 Å². The van der Waals surface area contributed by atoms with Crippen LogP contribution in [0.4, 0.5) is 11.6 Å². The summed E-state index contributed by atoms with van der Waals surface area (Å²) in [5, 5.41) is 4.00. The number of benzene rings is 1. The van der Waals surface area contributed by atoms with Gasteiger partial charge < -0.3 is 16.0 Å². The van der Waals surface area contributed by atoms with Crippen molar-refractivity contribution < 1.29 is 4.79 Å². The van der Waals surface area contributed by atoms with Gasteiger partial charge in [-0.1, -0.05) is 18.2 Å². The smallest absolute Gasteiger partial charge is 0.273 e. The fourth-order valence-corrected chi connectivity index (χ4v) is 3.67. The van der Waals surface area contributed by atoms with E-state index in [0.29, 0.717) is 6.54 Å². The molecule has 3 N–H and O–H groups in total. The number of carbonyl (C=O) groups excluding carboxylic acids is 1. The van der Waals surface area contributed by atoms with Crippen LogP contribution < -0.4 is 16.0 Å². The molecular formula is C21H24N6O. The number of hydrogen-bond donors (Lipinski definition) is 2. The van der Waals surface area contributed by atoms with Crippen LogP contribution in [-0.4, -0.2) is 33.9 Å². The second-order valence-corrected chi connectivity index (χ2v) is 7.14. The van der Waals surface area contributed by atoms with Gasteiger partial charge in [0.25, 0.3) is 5.91 Å². The van der Waals surface area contributed by atoms with Crippen LogP contribution in [0.25, 0.3) is 10.9 Å². The highest BCUT2D eigenvalue weighted by atomic mass is 16.1. The normalized spacial score (nSPS) is 14.2. The second kappa shape index (κ2) is 7.80. The molecule has 1 aliphatic rings. The first-order chi connectivity index (χ1) is 13.6. The summed E-state index contributed by atoms with van der Waals surface area (Å²) in [6, 6.07) is 8.29. The van der Waals surface area contributed by atoms with Gasteiger partial charge in [0, 0.05) is 43.0 Å². The number of hydrogen-bond acceptors (Lipinski definition) is 6.